The molecule has 0 spiro atoms. The number of aliphatic hydroxyl groups is 1. The molecule has 4 nitrogen and oxygen atoms in total. The number of nitrogens with one attached hydrogen (secondary N) is 2. The molecule has 26 heavy (non-hydrogen) atoms. The number of hydrogen-bond donors (Lipinski definition) is 3. The minimum absolute atomic E-state index is 0. The molecule has 1 fully saturated rings. The number of guanidine groups is 1. The second-order valence-electron chi connectivity index (χ2n) is 6.45. The van der Waals surface area contributed by atoms with E-state index in [1.54, 1.807) is 11.8 Å². The summed E-state index contributed by atoms with van der Waals surface area (Å²) in [5, 5.41) is 17.7. The Hall–Kier alpha value is -0.120. The lowest BCUT2D eigenvalue weighted by Crippen LogP contribution is -2.58. The maximum Gasteiger partial charge on any atom is 0.191 e. The molecule has 1 aliphatic carbocycles. The highest BCUT2D eigenvalue weighted by atomic mass is 127. The van der Waals surface area contributed by atoms with Gasteiger partial charge in [0.2, 0.25) is 0 Å². The van der Waals surface area contributed by atoms with Crippen LogP contribution in [-0.4, -0.2) is 47.0 Å². The van der Waals surface area contributed by atoms with Crippen LogP contribution in [0.1, 0.15) is 37.8 Å². The van der Waals surface area contributed by atoms with Crippen LogP contribution in [0.5, 0.6) is 0 Å². The van der Waals surface area contributed by atoms with Gasteiger partial charge < -0.3 is 15.7 Å². The summed E-state index contributed by atoms with van der Waals surface area (Å²) in [6.07, 6.45) is 4.07. The van der Waals surface area contributed by atoms with Crippen molar-refractivity contribution in [3.8, 4) is 0 Å². The Bertz CT molecular complexity index is 600. The van der Waals surface area contributed by atoms with Crippen molar-refractivity contribution >= 4 is 53.5 Å². The summed E-state index contributed by atoms with van der Waals surface area (Å²) in [7, 11) is 0. The zero-order valence-corrected chi connectivity index (χ0v) is 20.1. The summed E-state index contributed by atoms with van der Waals surface area (Å²) in [4.78, 5) is 5.99. The number of aryl methyl sites for hydroxylation is 1. The lowest BCUT2D eigenvalue weighted by molar-refractivity contribution is -0.0198. The lowest BCUT2D eigenvalue weighted by atomic mass is 9.79. The third-order valence-corrected chi connectivity index (χ3v) is 6.79. The predicted octanol–water partition coefficient (Wildman–Crippen LogP) is 4.04. The Morgan fingerprint density at radius 2 is 2.12 bits per heavy atom. The van der Waals surface area contributed by atoms with E-state index in [0.29, 0.717) is 18.3 Å². The Morgan fingerprint density at radius 1 is 1.35 bits per heavy atom. The Morgan fingerprint density at radius 3 is 2.69 bits per heavy atom. The van der Waals surface area contributed by atoms with Gasteiger partial charge in [-0.2, -0.15) is 11.8 Å². The van der Waals surface area contributed by atoms with Crippen molar-refractivity contribution in [2.75, 3.05) is 25.1 Å². The van der Waals surface area contributed by atoms with Crippen molar-refractivity contribution < 1.29 is 5.11 Å². The lowest BCUT2D eigenvalue weighted by Gasteiger charge is -2.45. The van der Waals surface area contributed by atoms with Crippen LogP contribution in [0.4, 0.5) is 0 Å². The third-order valence-electron chi connectivity index (χ3n) is 4.56. The minimum Gasteiger partial charge on any atom is -0.387 e. The fourth-order valence-electron chi connectivity index (χ4n) is 2.96. The van der Waals surface area contributed by atoms with Gasteiger partial charge in [0.05, 0.1) is 12.1 Å². The van der Waals surface area contributed by atoms with Gasteiger partial charge in [0.1, 0.15) is 0 Å². The van der Waals surface area contributed by atoms with Crippen LogP contribution in [0.2, 0.25) is 0 Å². The SMILES string of the molecule is CCNC(=NCc1ccc(C)cc1SC)NCC1(O)CCC1SCC.I. The van der Waals surface area contributed by atoms with Gasteiger partial charge in [0, 0.05) is 23.2 Å². The van der Waals surface area contributed by atoms with E-state index < -0.39 is 5.60 Å². The molecule has 2 rings (SSSR count). The van der Waals surface area contributed by atoms with E-state index in [1.165, 1.54) is 16.0 Å². The Balaban J connectivity index is 0.00000338. The zero-order chi connectivity index (χ0) is 18.3. The first-order valence-electron chi connectivity index (χ1n) is 9.02. The van der Waals surface area contributed by atoms with Crippen LogP contribution < -0.4 is 10.6 Å². The van der Waals surface area contributed by atoms with E-state index in [1.807, 2.05) is 11.8 Å². The number of aliphatic imine (C=N–C) groups is 1. The number of thioether (sulfide) groups is 2. The second-order valence-corrected chi connectivity index (χ2v) is 8.78. The van der Waals surface area contributed by atoms with Crippen LogP contribution in [0.3, 0.4) is 0 Å². The van der Waals surface area contributed by atoms with Crippen molar-refractivity contribution in [1.82, 2.24) is 10.6 Å². The topological polar surface area (TPSA) is 56.7 Å². The third kappa shape index (κ3) is 6.49. The van der Waals surface area contributed by atoms with Crippen molar-refractivity contribution in [3.63, 3.8) is 0 Å². The van der Waals surface area contributed by atoms with Crippen molar-refractivity contribution in [2.24, 2.45) is 4.99 Å². The quantitative estimate of drug-likeness (QED) is 0.214. The number of benzene rings is 1. The fraction of sp³-hybridized carbons (Fsp3) is 0.632. The maximum absolute atomic E-state index is 10.7. The molecule has 1 aromatic rings. The van der Waals surface area contributed by atoms with Gasteiger partial charge >= 0.3 is 0 Å². The first-order chi connectivity index (χ1) is 12.0. The molecule has 3 N–H and O–H groups in total. The maximum atomic E-state index is 10.7. The molecule has 0 bridgehead atoms. The van der Waals surface area contributed by atoms with E-state index in [0.717, 1.165) is 31.1 Å². The summed E-state index contributed by atoms with van der Waals surface area (Å²) in [5.74, 6) is 1.82. The second kappa shape index (κ2) is 11.7. The van der Waals surface area contributed by atoms with Crippen molar-refractivity contribution in [1.29, 1.82) is 0 Å². The average molecular weight is 510 g/mol. The number of rotatable bonds is 8. The van der Waals surface area contributed by atoms with Crippen LogP contribution in [0.25, 0.3) is 0 Å². The first-order valence-corrected chi connectivity index (χ1v) is 11.3. The largest absolute Gasteiger partial charge is 0.387 e. The number of hydrogen-bond acceptors (Lipinski definition) is 4. The summed E-state index contributed by atoms with van der Waals surface area (Å²) in [6.45, 7) is 8.32. The van der Waals surface area contributed by atoms with Gasteiger partial charge in [0.15, 0.2) is 5.96 Å². The summed E-state index contributed by atoms with van der Waals surface area (Å²) < 4.78 is 0. The normalized spacial score (nSPS) is 22.3. The van der Waals surface area contributed by atoms with E-state index in [2.05, 4.69) is 55.9 Å². The Kier molecular flexibility index (Phi) is 10.7. The molecule has 1 saturated carbocycles. The molecule has 0 saturated heterocycles. The Labute approximate surface area is 183 Å². The highest BCUT2D eigenvalue weighted by Gasteiger charge is 2.45. The summed E-state index contributed by atoms with van der Waals surface area (Å²) >= 11 is 3.61. The highest BCUT2D eigenvalue weighted by molar-refractivity contribution is 14.0. The molecule has 2 unspecified atom stereocenters. The summed E-state index contributed by atoms with van der Waals surface area (Å²) in [6, 6.07) is 6.50. The highest BCUT2D eigenvalue weighted by Crippen LogP contribution is 2.40. The van der Waals surface area contributed by atoms with E-state index in [9.17, 15) is 5.11 Å². The van der Waals surface area contributed by atoms with Gasteiger partial charge in [-0.25, -0.2) is 4.99 Å². The number of halogens is 1. The standard InChI is InChI=1S/C19H31N3OS2.HI/c1-5-20-18(22-13-19(23)10-9-17(19)25-6-2)21-12-15-8-7-14(3)11-16(15)24-4;/h7-8,11,17,23H,5-6,9-10,12-13H2,1-4H3,(H2,20,21,22);1H. The molecule has 148 valence electrons. The van der Waals surface area contributed by atoms with Crippen molar-refractivity contribution in [2.45, 2.75) is 55.9 Å². The molecule has 0 radical (unpaired) electrons. The molecule has 0 heterocycles. The molecule has 7 heteroatoms. The average Bonchev–Trinajstić information content (AvgIpc) is 2.61. The predicted molar refractivity (Wildman–Crippen MR) is 127 cm³/mol. The summed E-state index contributed by atoms with van der Waals surface area (Å²) in [5.41, 5.74) is 1.90. The zero-order valence-electron chi connectivity index (χ0n) is 16.2. The van der Waals surface area contributed by atoms with Gasteiger partial charge in [0.25, 0.3) is 0 Å². The van der Waals surface area contributed by atoms with Crippen LogP contribution in [0.15, 0.2) is 28.1 Å². The van der Waals surface area contributed by atoms with Crippen LogP contribution >= 0.6 is 47.5 Å². The first kappa shape index (κ1) is 23.9. The molecular formula is C19H32IN3OS2. The minimum atomic E-state index is -0.606. The van der Waals surface area contributed by atoms with Crippen LogP contribution in [0, 0.1) is 6.92 Å². The van der Waals surface area contributed by atoms with E-state index in [4.69, 9.17) is 4.99 Å². The van der Waals surface area contributed by atoms with Gasteiger partial charge in [-0.1, -0.05) is 19.1 Å². The smallest absolute Gasteiger partial charge is 0.191 e. The molecule has 1 aliphatic rings. The van der Waals surface area contributed by atoms with Gasteiger partial charge in [-0.05, 0) is 55.9 Å². The molecule has 0 amide bonds. The monoisotopic (exact) mass is 509 g/mol. The van der Waals surface area contributed by atoms with Gasteiger partial charge in [-0.3, -0.25) is 0 Å². The van der Waals surface area contributed by atoms with E-state index in [-0.39, 0.29) is 24.0 Å². The van der Waals surface area contributed by atoms with E-state index >= 15 is 0 Å². The van der Waals surface area contributed by atoms with Crippen molar-refractivity contribution in [3.05, 3.63) is 29.3 Å². The molecule has 0 aliphatic heterocycles. The molecular weight excluding hydrogens is 477 g/mol. The van der Waals surface area contributed by atoms with Gasteiger partial charge in [-0.15, -0.1) is 35.7 Å². The molecule has 2 atom stereocenters. The molecule has 1 aromatic carbocycles. The fourth-order valence-corrected chi connectivity index (χ4v) is 4.86. The molecule has 0 aromatic heterocycles. The van der Waals surface area contributed by atoms with Crippen LogP contribution in [-0.2, 0) is 6.54 Å². The number of nitrogens with zero attached hydrogens (tertiary/aromatic N) is 1.